The Bertz CT molecular complexity index is 273. The summed E-state index contributed by atoms with van der Waals surface area (Å²) < 4.78 is 12.6. The molecule has 14 heavy (non-hydrogen) atoms. The van der Waals surface area contributed by atoms with Crippen LogP contribution in [0.3, 0.4) is 0 Å². The van der Waals surface area contributed by atoms with Crippen LogP contribution in [0.5, 0.6) is 0 Å². The van der Waals surface area contributed by atoms with Gasteiger partial charge in [0.15, 0.2) is 0 Å². The van der Waals surface area contributed by atoms with E-state index in [-0.39, 0.29) is 24.4 Å². The number of halogens is 1. The fourth-order valence-electron chi connectivity index (χ4n) is 1.46. The number of aliphatic hydroxyl groups excluding tert-OH is 1. The SMILES string of the molecule is CC(CC(N)CO)c1ccc(F)cc1. The topological polar surface area (TPSA) is 46.2 Å². The molecule has 0 amide bonds. The van der Waals surface area contributed by atoms with Crippen molar-refractivity contribution < 1.29 is 9.50 Å². The highest BCUT2D eigenvalue weighted by Gasteiger charge is 2.10. The molecule has 2 atom stereocenters. The molecule has 0 aliphatic heterocycles. The third-order valence-electron chi connectivity index (χ3n) is 2.33. The Labute approximate surface area is 83.6 Å². The molecule has 0 aliphatic rings. The van der Waals surface area contributed by atoms with Crippen LogP contribution in [0.15, 0.2) is 24.3 Å². The molecular weight excluding hydrogens is 181 g/mol. The van der Waals surface area contributed by atoms with Crippen LogP contribution in [0.1, 0.15) is 24.8 Å². The number of aliphatic hydroxyl groups is 1. The van der Waals surface area contributed by atoms with Crippen molar-refractivity contribution in [3.8, 4) is 0 Å². The van der Waals surface area contributed by atoms with Crippen molar-refractivity contribution in [3.63, 3.8) is 0 Å². The number of nitrogens with two attached hydrogens (primary N) is 1. The van der Waals surface area contributed by atoms with Crippen LogP contribution in [-0.2, 0) is 0 Å². The standard InChI is InChI=1S/C11H16FNO/c1-8(6-11(13)7-14)9-2-4-10(12)5-3-9/h2-5,8,11,14H,6-7,13H2,1H3. The zero-order valence-corrected chi connectivity index (χ0v) is 8.28. The first-order chi connectivity index (χ1) is 6.63. The van der Waals surface area contributed by atoms with E-state index in [1.807, 2.05) is 6.92 Å². The molecular formula is C11H16FNO. The van der Waals surface area contributed by atoms with Gasteiger partial charge in [-0.05, 0) is 30.0 Å². The van der Waals surface area contributed by atoms with Gasteiger partial charge in [0.25, 0.3) is 0 Å². The lowest BCUT2D eigenvalue weighted by Crippen LogP contribution is -2.26. The van der Waals surface area contributed by atoms with Gasteiger partial charge < -0.3 is 10.8 Å². The molecule has 1 aromatic rings. The lowest BCUT2D eigenvalue weighted by atomic mass is 9.94. The van der Waals surface area contributed by atoms with Gasteiger partial charge in [-0.25, -0.2) is 4.39 Å². The third kappa shape index (κ3) is 3.09. The second-order valence-corrected chi connectivity index (χ2v) is 3.63. The van der Waals surface area contributed by atoms with Crippen molar-refractivity contribution in [2.45, 2.75) is 25.3 Å². The van der Waals surface area contributed by atoms with Gasteiger partial charge in [0.2, 0.25) is 0 Å². The molecule has 0 spiro atoms. The van der Waals surface area contributed by atoms with Gasteiger partial charge in [0.05, 0.1) is 6.61 Å². The van der Waals surface area contributed by atoms with E-state index in [0.29, 0.717) is 6.42 Å². The second kappa shape index (κ2) is 5.08. The van der Waals surface area contributed by atoms with Crippen LogP contribution < -0.4 is 5.73 Å². The molecule has 0 saturated heterocycles. The summed E-state index contributed by atoms with van der Waals surface area (Å²) in [7, 11) is 0. The van der Waals surface area contributed by atoms with E-state index in [1.54, 1.807) is 12.1 Å². The molecule has 0 heterocycles. The monoisotopic (exact) mass is 197 g/mol. The summed E-state index contributed by atoms with van der Waals surface area (Å²) in [6.45, 7) is 2.01. The molecule has 1 aromatic carbocycles. The normalized spacial score (nSPS) is 15.1. The van der Waals surface area contributed by atoms with Gasteiger partial charge in [0.1, 0.15) is 5.82 Å². The maximum Gasteiger partial charge on any atom is 0.123 e. The predicted octanol–water partition coefficient (Wildman–Crippen LogP) is 1.64. The van der Waals surface area contributed by atoms with Gasteiger partial charge >= 0.3 is 0 Å². The summed E-state index contributed by atoms with van der Waals surface area (Å²) in [6.07, 6.45) is 0.710. The van der Waals surface area contributed by atoms with E-state index in [0.717, 1.165) is 5.56 Å². The summed E-state index contributed by atoms with van der Waals surface area (Å²) in [6, 6.07) is 6.19. The van der Waals surface area contributed by atoms with Crippen LogP contribution in [0.25, 0.3) is 0 Å². The molecule has 2 unspecified atom stereocenters. The van der Waals surface area contributed by atoms with Gasteiger partial charge in [-0.2, -0.15) is 0 Å². The van der Waals surface area contributed by atoms with Crippen molar-refractivity contribution in [3.05, 3.63) is 35.6 Å². The fourth-order valence-corrected chi connectivity index (χ4v) is 1.46. The molecule has 0 aromatic heterocycles. The highest BCUT2D eigenvalue weighted by atomic mass is 19.1. The average Bonchev–Trinajstić information content (AvgIpc) is 2.18. The van der Waals surface area contributed by atoms with Crippen molar-refractivity contribution in [1.29, 1.82) is 0 Å². The Morgan fingerprint density at radius 1 is 1.36 bits per heavy atom. The molecule has 78 valence electrons. The fraction of sp³-hybridized carbons (Fsp3) is 0.455. The number of hydrogen-bond acceptors (Lipinski definition) is 2. The second-order valence-electron chi connectivity index (χ2n) is 3.63. The minimum atomic E-state index is -0.229. The quantitative estimate of drug-likeness (QED) is 0.770. The highest BCUT2D eigenvalue weighted by molar-refractivity contribution is 5.19. The summed E-state index contributed by atoms with van der Waals surface area (Å²) in [5.41, 5.74) is 6.67. The number of hydrogen-bond donors (Lipinski definition) is 2. The summed E-state index contributed by atoms with van der Waals surface area (Å²) >= 11 is 0. The zero-order valence-electron chi connectivity index (χ0n) is 8.28. The van der Waals surface area contributed by atoms with Gasteiger partial charge in [-0.3, -0.25) is 0 Å². The summed E-state index contributed by atoms with van der Waals surface area (Å²) in [4.78, 5) is 0. The zero-order chi connectivity index (χ0) is 10.6. The maximum atomic E-state index is 12.6. The Hall–Kier alpha value is -0.930. The van der Waals surface area contributed by atoms with Gasteiger partial charge in [0, 0.05) is 6.04 Å². The highest BCUT2D eigenvalue weighted by Crippen LogP contribution is 2.19. The first kappa shape index (κ1) is 11.1. The molecule has 0 bridgehead atoms. The molecule has 3 N–H and O–H groups in total. The Kier molecular flexibility index (Phi) is 4.04. The number of benzene rings is 1. The van der Waals surface area contributed by atoms with Crippen molar-refractivity contribution >= 4 is 0 Å². The van der Waals surface area contributed by atoms with Crippen LogP contribution >= 0.6 is 0 Å². The van der Waals surface area contributed by atoms with Gasteiger partial charge in [-0.15, -0.1) is 0 Å². The van der Waals surface area contributed by atoms with Crippen molar-refractivity contribution in [2.75, 3.05) is 6.61 Å². The first-order valence-electron chi connectivity index (χ1n) is 4.75. The van der Waals surface area contributed by atoms with E-state index in [4.69, 9.17) is 10.8 Å². The summed E-state index contributed by atoms with van der Waals surface area (Å²) in [5, 5.41) is 8.79. The van der Waals surface area contributed by atoms with Crippen LogP contribution in [-0.4, -0.2) is 17.8 Å². The smallest absolute Gasteiger partial charge is 0.123 e. The summed E-state index contributed by atoms with van der Waals surface area (Å²) in [5.74, 6) is 0.0187. The van der Waals surface area contributed by atoms with Gasteiger partial charge in [-0.1, -0.05) is 19.1 Å². The van der Waals surface area contributed by atoms with E-state index in [2.05, 4.69) is 0 Å². The maximum absolute atomic E-state index is 12.6. The molecule has 3 heteroatoms. The lowest BCUT2D eigenvalue weighted by molar-refractivity contribution is 0.255. The van der Waals surface area contributed by atoms with Crippen LogP contribution in [0.2, 0.25) is 0 Å². The van der Waals surface area contributed by atoms with E-state index >= 15 is 0 Å². The lowest BCUT2D eigenvalue weighted by Gasteiger charge is -2.15. The molecule has 1 rings (SSSR count). The van der Waals surface area contributed by atoms with Crippen LogP contribution in [0.4, 0.5) is 4.39 Å². The van der Waals surface area contributed by atoms with E-state index in [9.17, 15) is 4.39 Å². The van der Waals surface area contributed by atoms with E-state index in [1.165, 1.54) is 12.1 Å². The molecule has 2 nitrogen and oxygen atoms in total. The Morgan fingerprint density at radius 2 is 1.93 bits per heavy atom. The van der Waals surface area contributed by atoms with Crippen molar-refractivity contribution in [2.24, 2.45) is 5.73 Å². The average molecular weight is 197 g/mol. The first-order valence-corrected chi connectivity index (χ1v) is 4.75. The van der Waals surface area contributed by atoms with E-state index < -0.39 is 0 Å². The molecule has 0 aliphatic carbocycles. The number of rotatable bonds is 4. The molecule has 0 saturated carbocycles. The van der Waals surface area contributed by atoms with Crippen molar-refractivity contribution in [1.82, 2.24) is 0 Å². The Balaban J connectivity index is 2.60. The minimum absolute atomic E-state index is 0.00840. The predicted molar refractivity (Wildman–Crippen MR) is 54.5 cm³/mol. The molecule has 0 radical (unpaired) electrons. The largest absolute Gasteiger partial charge is 0.395 e. The Morgan fingerprint density at radius 3 is 2.43 bits per heavy atom. The third-order valence-corrected chi connectivity index (χ3v) is 2.33. The van der Waals surface area contributed by atoms with Crippen LogP contribution in [0, 0.1) is 5.82 Å². The molecule has 0 fully saturated rings. The minimum Gasteiger partial charge on any atom is -0.395 e.